The van der Waals surface area contributed by atoms with E-state index in [0.29, 0.717) is 32.4 Å². The second-order valence-electron chi connectivity index (χ2n) is 6.63. The minimum atomic E-state index is -3.42. The van der Waals surface area contributed by atoms with E-state index in [-0.39, 0.29) is 17.2 Å². The molecule has 1 saturated heterocycles. The fraction of sp³-hybridized carbons (Fsp3) is 0.556. The average Bonchev–Trinajstić information content (AvgIpc) is 3.10. The van der Waals surface area contributed by atoms with Crippen LogP contribution in [-0.2, 0) is 21.4 Å². The zero-order valence-corrected chi connectivity index (χ0v) is 16.0. The highest BCUT2D eigenvalue weighted by Crippen LogP contribution is 2.24. The van der Waals surface area contributed by atoms with Gasteiger partial charge in [-0.3, -0.25) is 4.79 Å². The second kappa shape index (κ2) is 8.64. The van der Waals surface area contributed by atoms with Crippen molar-refractivity contribution in [3.63, 3.8) is 0 Å². The number of carbonyl (C=O) groups is 2. The highest BCUT2D eigenvalue weighted by Gasteiger charge is 2.39. The zero-order valence-electron chi connectivity index (χ0n) is 15.2. The summed E-state index contributed by atoms with van der Waals surface area (Å²) in [5, 5.41) is 8.93. The number of likely N-dealkylation sites (N-methyl/N-ethyl adjacent to an activating group) is 1. The molecule has 1 aliphatic rings. The van der Waals surface area contributed by atoms with Crippen molar-refractivity contribution in [3.8, 4) is 0 Å². The molecular formula is C18H26N2O5S. The lowest BCUT2D eigenvalue weighted by atomic mass is 10.1. The Morgan fingerprint density at radius 2 is 1.92 bits per heavy atom. The summed E-state index contributed by atoms with van der Waals surface area (Å²) in [6, 6.07) is 5.68. The highest BCUT2D eigenvalue weighted by molar-refractivity contribution is 7.89. The molecule has 0 aliphatic carbocycles. The van der Waals surface area contributed by atoms with Gasteiger partial charge in [0.05, 0.1) is 11.3 Å². The number of hydrogen-bond donors (Lipinski definition) is 1. The van der Waals surface area contributed by atoms with Crippen LogP contribution in [0.2, 0.25) is 0 Å². The number of unbranched alkanes of at least 4 members (excludes halogenated alkanes) is 1. The number of sulfonamides is 1. The molecule has 1 aromatic carbocycles. The third-order valence-corrected chi connectivity index (χ3v) is 6.55. The molecule has 8 heteroatoms. The molecule has 0 spiro atoms. The van der Waals surface area contributed by atoms with Crippen molar-refractivity contribution < 1.29 is 23.1 Å². The van der Waals surface area contributed by atoms with Crippen molar-refractivity contribution in [2.45, 2.75) is 45.2 Å². The van der Waals surface area contributed by atoms with Crippen LogP contribution in [0.15, 0.2) is 24.3 Å². The Balaban J connectivity index is 2.05. The normalized spacial score (nSPS) is 18.0. The third kappa shape index (κ3) is 4.82. The summed E-state index contributed by atoms with van der Waals surface area (Å²) >= 11 is 0. The topological polar surface area (TPSA) is 95.0 Å². The molecule has 1 N–H and O–H groups in total. The van der Waals surface area contributed by atoms with Gasteiger partial charge in [0.15, 0.2) is 0 Å². The van der Waals surface area contributed by atoms with Crippen molar-refractivity contribution in [2.75, 3.05) is 19.3 Å². The van der Waals surface area contributed by atoms with Crippen LogP contribution in [0.3, 0.4) is 0 Å². The van der Waals surface area contributed by atoms with Crippen molar-refractivity contribution in [2.24, 2.45) is 0 Å². The molecule has 1 heterocycles. The smallest absolute Gasteiger partial charge is 0.335 e. The summed E-state index contributed by atoms with van der Waals surface area (Å²) in [6.45, 7) is 2.63. The van der Waals surface area contributed by atoms with Crippen LogP contribution in [-0.4, -0.2) is 60.0 Å². The van der Waals surface area contributed by atoms with Crippen molar-refractivity contribution in [1.82, 2.24) is 9.21 Å². The van der Waals surface area contributed by atoms with Crippen LogP contribution < -0.4 is 0 Å². The zero-order chi connectivity index (χ0) is 19.3. The van der Waals surface area contributed by atoms with E-state index in [2.05, 4.69) is 0 Å². The molecule has 1 aliphatic heterocycles. The van der Waals surface area contributed by atoms with Crippen LogP contribution in [0.5, 0.6) is 0 Å². The lowest BCUT2D eigenvalue weighted by molar-refractivity contribution is -0.133. The summed E-state index contributed by atoms with van der Waals surface area (Å²) in [5.41, 5.74) is 0.982. The van der Waals surface area contributed by atoms with Crippen molar-refractivity contribution in [1.29, 1.82) is 0 Å². The van der Waals surface area contributed by atoms with E-state index >= 15 is 0 Å². The van der Waals surface area contributed by atoms with Gasteiger partial charge in [0.25, 0.3) is 0 Å². The quantitative estimate of drug-likeness (QED) is 0.741. The van der Waals surface area contributed by atoms with Gasteiger partial charge in [0.1, 0.15) is 6.04 Å². The van der Waals surface area contributed by atoms with E-state index in [1.165, 1.54) is 21.3 Å². The van der Waals surface area contributed by atoms with Crippen molar-refractivity contribution in [3.05, 3.63) is 35.4 Å². The Kier molecular flexibility index (Phi) is 6.77. The molecule has 0 saturated carbocycles. The molecule has 0 aromatic heterocycles. The Hall–Kier alpha value is -1.93. The number of benzene rings is 1. The first-order valence-corrected chi connectivity index (χ1v) is 10.4. The third-order valence-electron chi connectivity index (χ3n) is 4.60. The molecule has 0 bridgehead atoms. The standard InChI is InChI=1S/C18H26N2O5S/c1-3-4-12-26(24,25)20-11-5-6-16(20)17(21)19(2)13-14-7-9-15(10-8-14)18(22)23/h7-10,16H,3-6,11-13H2,1-2H3,(H,22,23). The molecule has 26 heavy (non-hydrogen) atoms. The molecule has 1 amide bonds. The van der Waals surface area contributed by atoms with E-state index in [1.54, 1.807) is 19.2 Å². The fourth-order valence-electron chi connectivity index (χ4n) is 3.12. The Morgan fingerprint density at radius 1 is 1.27 bits per heavy atom. The molecule has 2 rings (SSSR count). The summed E-state index contributed by atoms with van der Waals surface area (Å²) < 4.78 is 26.3. The maximum absolute atomic E-state index is 12.8. The van der Waals surface area contributed by atoms with Gasteiger partial charge in [-0.2, -0.15) is 4.31 Å². The summed E-state index contributed by atoms with van der Waals surface area (Å²) in [5.74, 6) is -1.14. The van der Waals surface area contributed by atoms with Gasteiger partial charge in [-0.05, 0) is 37.0 Å². The number of carboxylic acid groups (broad SMARTS) is 1. The number of carbonyl (C=O) groups excluding carboxylic acids is 1. The first kappa shape index (κ1) is 20.4. The van der Waals surface area contributed by atoms with E-state index in [4.69, 9.17) is 5.11 Å². The van der Waals surface area contributed by atoms with Gasteiger partial charge >= 0.3 is 5.97 Å². The predicted molar refractivity (Wildman–Crippen MR) is 98.3 cm³/mol. The molecule has 1 fully saturated rings. The van der Waals surface area contributed by atoms with Gasteiger partial charge < -0.3 is 10.0 Å². The number of aromatic carboxylic acids is 1. The minimum absolute atomic E-state index is 0.0770. The molecule has 1 aromatic rings. The number of carboxylic acids is 1. The fourth-order valence-corrected chi connectivity index (χ4v) is 5.00. The van der Waals surface area contributed by atoms with E-state index in [0.717, 1.165) is 12.0 Å². The van der Waals surface area contributed by atoms with Gasteiger partial charge in [-0.25, -0.2) is 13.2 Å². The second-order valence-corrected chi connectivity index (χ2v) is 8.68. The van der Waals surface area contributed by atoms with Crippen LogP contribution in [0.25, 0.3) is 0 Å². The molecule has 0 radical (unpaired) electrons. The molecule has 1 unspecified atom stereocenters. The first-order valence-electron chi connectivity index (χ1n) is 8.83. The van der Waals surface area contributed by atoms with Crippen LogP contribution in [0.4, 0.5) is 0 Å². The molecule has 144 valence electrons. The lowest BCUT2D eigenvalue weighted by Crippen LogP contribution is -2.46. The Labute approximate surface area is 154 Å². The number of hydrogen-bond acceptors (Lipinski definition) is 4. The van der Waals surface area contributed by atoms with Gasteiger partial charge in [-0.1, -0.05) is 25.5 Å². The monoisotopic (exact) mass is 382 g/mol. The Bertz CT molecular complexity index is 745. The van der Waals surface area contributed by atoms with Gasteiger partial charge in [0, 0.05) is 20.1 Å². The summed E-state index contributed by atoms with van der Waals surface area (Å²) in [4.78, 5) is 25.2. The number of nitrogens with zero attached hydrogens (tertiary/aromatic N) is 2. The molecule has 1 atom stereocenters. The molecular weight excluding hydrogens is 356 g/mol. The average molecular weight is 382 g/mol. The minimum Gasteiger partial charge on any atom is -0.478 e. The van der Waals surface area contributed by atoms with Gasteiger partial charge in [-0.15, -0.1) is 0 Å². The Morgan fingerprint density at radius 3 is 2.50 bits per heavy atom. The summed E-state index contributed by atoms with van der Waals surface area (Å²) in [6.07, 6.45) is 2.60. The van der Waals surface area contributed by atoms with Crippen LogP contribution in [0, 0.1) is 0 Å². The number of rotatable bonds is 8. The maximum Gasteiger partial charge on any atom is 0.335 e. The van der Waals surface area contributed by atoms with E-state index < -0.39 is 22.0 Å². The first-order chi connectivity index (χ1) is 12.3. The number of amides is 1. The van der Waals surface area contributed by atoms with Gasteiger partial charge in [0.2, 0.25) is 15.9 Å². The highest BCUT2D eigenvalue weighted by atomic mass is 32.2. The SMILES string of the molecule is CCCCS(=O)(=O)N1CCCC1C(=O)N(C)Cc1ccc(C(=O)O)cc1. The lowest BCUT2D eigenvalue weighted by Gasteiger charge is -2.27. The van der Waals surface area contributed by atoms with Crippen LogP contribution >= 0.6 is 0 Å². The largest absolute Gasteiger partial charge is 0.478 e. The molecule has 7 nitrogen and oxygen atoms in total. The summed E-state index contributed by atoms with van der Waals surface area (Å²) in [7, 11) is -1.78. The van der Waals surface area contributed by atoms with E-state index in [9.17, 15) is 18.0 Å². The van der Waals surface area contributed by atoms with Crippen molar-refractivity contribution >= 4 is 21.9 Å². The predicted octanol–water partition coefficient (Wildman–Crippen LogP) is 1.94. The van der Waals surface area contributed by atoms with Crippen LogP contribution in [0.1, 0.15) is 48.5 Å². The maximum atomic E-state index is 12.8. The van der Waals surface area contributed by atoms with E-state index in [1.807, 2.05) is 6.92 Å².